The molecule has 0 spiro atoms. The molecule has 0 saturated heterocycles. The van der Waals surface area contributed by atoms with Gasteiger partial charge < -0.3 is 10.8 Å². The van der Waals surface area contributed by atoms with E-state index in [0.717, 1.165) is 25.7 Å². The lowest BCUT2D eigenvalue weighted by Crippen LogP contribution is -2.14. The van der Waals surface area contributed by atoms with Crippen molar-refractivity contribution in [2.45, 2.75) is 38.1 Å². The van der Waals surface area contributed by atoms with Gasteiger partial charge in [0.05, 0.1) is 0 Å². The first-order valence-corrected chi connectivity index (χ1v) is 4.16. The summed E-state index contributed by atoms with van der Waals surface area (Å²) in [6, 6.07) is 0.328. The first kappa shape index (κ1) is 8.53. The second-order valence-electron chi connectivity index (χ2n) is 3.37. The molecule has 0 amide bonds. The van der Waals surface area contributed by atoms with Crippen LogP contribution in [0.3, 0.4) is 0 Å². The zero-order valence-corrected chi connectivity index (χ0v) is 6.62. The molecule has 11 heavy (non-hydrogen) atoms. The highest BCUT2D eigenvalue weighted by molar-refractivity contribution is 5.66. The van der Waals surface area contributed by atoms with E-state index in [1.807, 2.05) is 0 Å². The molecule has 1 aliphatic rings. The van der Waals surface area contributed by atoms with Crippen molar-refractivity contribution in [1.29, 1.82) is 0 Å². The van der Waals surface area contributed by atoms with Gasteiger partial charge in [0.15, 0.2) is 0 Å². The lowest BCUT2D eigenvalue weighted by molar-refractivity contribution is -0.137. The molecular formula is C8H15NO2. The summed E-state index contributed by atoms with van der Waals surface area (Å²) in [5, 5.41) is 8.41. The molecule has 1 saturated carbocycles. The highest BCUT2D eigenvalue weighted by atomic mass is 16.4. The van der Waals surface area contributed by atoms with E-state index in [-0.39, 0.29) is 0 Å². The predicted octanol–water partition coefficient (Wildman–Crippen LogP) is 0.979. The van der Waals surface area contributed by atoms with Gasteiger partial charge in [0, 0.05) is 12.5 Å². The van der Waals surface area contributed by atoms with Crippen molar-refractivity contribution in [3.05, 3.63) is 0 Å². The van der Waals surface area contributed by atoms with Crippen molar-refractivity contribution >= 4 is 5.97 Å². The van der Waals surface area contributed by atoms with Gasteiger partial charge in [0.2, 0.25) is 0 Å². The van der Waals surface area contributed by atoms with Gasteiger partial charge >= 0.3 is 5.97 Å². The summed E-state index contributed by atoms with van der Waals surface area (Å²) in [6.45, 7) is 0. The minimum absolute atomic E-state index is 0.303. The molecule has 0 aromatic rings. The minimum Gasteiger partial charge on any atom is -0.481 e. The Morgan fingerprint density at radius 3 is 2.73 bits per heavy atom. The Labute approximate surface area is 66.6 Å². The van der Waals surface area contributed by atoms with Crippen molar-refractivity contribution < 1.29 is 9.90 Å². The fraction of sp³-hybridized carbons (Fsp3) is 0.875. The monoisotopic (exact) mass is 157 g/mol. The molecule has 3 nitrogen and oxygen atoms in total. The predicted molar refractivity (Wildman–Crippen MR) is 42.2 cm³/mol. The maximum Gasteiger partial charge on any atom is 0.303 e. The topological polar surface area (TPSA) is 63.3 Å². The molecule has 0 radical (unpaired) electrons. The molecule has 2 atom stereocenters. The zero-order valence-electron chi connectivity index (χ0n) is 6.62. The average molecular weight is 157 g/mol. The van der Waals surface area contributed by atoms with E-state index in [4.69, 9.17) is 10.8 Å². The molecule has 0 aromatic carbocycles. The Kier molecular flexibility index (Phi) is 2.88. The lowest BCUT2D eigenvalue weighted by atomic mass is 10.0. The van der Waals surface area contributed by atoms with E-state index in [1.165, 1.54) is 0 Å². The summed E-state index contributed by atoms with van der Waals surface area (Å²) < 4.78 is 0. The van der Waals surface area contributed by atoms with Crippen LogP contribution >= 0.6 is 0 Å². The third kappa shape index (κ3) is 2.89. The number of carbonyl (C=O) groups is 1. The number of carboxylic acid groups (broad SMARTS) is 1. The summed E-state index contributed by atoms with van der Waals surface area (Å²) >= 11 is 0. The molecule has 1 aliphatic carbocycles. The van der Waals surface area contributed by atoms with Crippen molar-refractivity contribution in [2.75, 3.05) is 0 Å². The average Bonchev–Trinajstić information content (AvgIpc) is 2.31. The van der Waals surface area contributed by atoms with Crippen LogP contribution in [0.4, 0.5) is 0 Å². The fourth-order valence-corrected chi connectivity index (χ4v) is 1.70. The van der Waals surface area contributed by atoms with Gasteiger partial charge in [-0.2, -0.15) is 0 Å². The zero-order chi connectivity index (χ0) is 8.27. The Morgan fingerprint density at radius 1 is 1.55 bits per heavy atom. The number of aliphatic carboxylic acids is 1. The van der Waals surface area contributed by atoms with Crippen LogP contribution in [-0.2, 0) is 4.79 Å². The van der Waals surface area contributed by atoms with E-state index in [1.54, 1.807) is 0 Å². The molecule has 0 aliphatic heterocycles. The second-order valence-corrected chi connectivity index (χ2v) is 3.37. The maximum absolute atomic E-state index is 10.2. The lowest BCUT2D eigenvalue weighted by Gasteiger charge is -2.05. The number of hydrogen-bond donors (Lipinski definition) is 2. The molecule has 0 bridgehead atoms. The van der Waals surface area contributed by atoms with Crippen LogP contribution in [0.25, 0.3) is 0 Å². The summed E-state index contributed by atoms with van der Waals surface area (Å²) in [5.41, 5.74) is 5.68. The Hall–Kier alpha value is -0.570. The van der Waals surface area contributed by atoms with Crippen molar-refractivity contribution in [2.24, 2.45) is 11.7 Å². The summed E-state index contributed by atoms with van der Waals surface area (Å²) in [5.74, 6) is -0.119. The molecule has 0 unspecified atom stereocenters. The number of nitrogens with two attached hydrogens (primary N) is 1. The van der Waals surface area contributed by atoms with E-state index in [0.29, 0.717) is 18.4 Å². The van der Waals surface area contributed by atoms with E-state index >= 15 is 0 Å². The molecule has 64 valence electrons. The summed E-state index contributed by atoms with van der Waals surface area (Å²) in [6.07, 6.45) is 4.33. The van der Waals surface area contributed by atoms with Crippen molar-refractivity contribution in [3.63, 3.8) is 0 Å². The van der Waals surface area contributed by atoms with Gasteiger partial charge in [-0.1, -0.05) is 0 Å². The van der Waals surface area contributed by atoms with Crippen LogP contribution in [0.5, 0.6) is 0 Å². The van der Waals surface area contributed by atoms with Crippen molar-refractivity contribution in [3.8, 4) is 0 Å². The van der Waals surface area contributed by atoms with Gasteiger partial charge in [-0.15, -0.1) is 0 Å². The number of hydrogen-bond acceptors (Lipinski definition) is 2. The van der Waals surface area contributed by atoms with E-state index < -0.39 is 5.97 Å². The molecule has 0 heterocycles. The van der Waals surface area contributed by atoms with Crippen LogP contribution in [0.2, 0.25) is 0 Å². The number of carboxylic acids is 1. The van der Waals surface area contributed by atoms with Crippen LogP contribution in [0.1, 0.15) is 32.1 Å². The van der Waals surface area contributed by atoms with Gasteiger partial charge in [-0.3, -0.25) is 4.79 Å². The third-order valence-corrected chi connectivity index (χ3v) is 2.35. The molecule has 3 heteroatoms. The van der Waals surface area contributed by atoms with Crippen LogP contribution < -0.4 is 5.73 Å². The summed E-state index contributed by atoms with van der Waals surface area (Å²) in [4.78, 5) is 10.2. The van der Waals surface area contributed by atoms with Gasteiger partial charge in [-0.05, 0) is 31.6 Å². The van der Waals surface area contributed by atoms with E-state index in [9.17, 15) is 4.79 Å². The second kappa shape index (κ2) is 3.72. The smallest absolute Gasteiger partial charge is 0.303 e. The van der Waals surface area contributed by atoms with Crippen LogP contribution in [0, 0.1) is 5.92 Å². The quantitative estimate of drug-likeness (QED) is 0.641. The first-order valence-electron chi connectivity index (χ1n) is 4.16. The van der Waals surface area contributed by atoms with Crippen LogP contribution in [-0.4, -0.2) is 17.1 Å². The van der Waals surface area contributed by atoms with Gasteiger partial charge in [-0.25, -0.2) is 0 Å². The van der Waals surface area contributed by atoms with Crippen molar-refractivity contribution in [1.82, 2.24) is 0 Å². The maximum atomic E-state index is 10.2. The largest absolute Gasteiger partial charge is 0.481 e. The SMILES string of the molecule is N[C@@H]1CC[C@H](CCC(=O)O)C1. The molecule has 3 N–H and O–H groups in total. The fourth-order valence-electron chi connectivity index (χ4n) is 1.70. The van der Waals surface area contributed by atoms with Crippen LogP contribution in [0.15, 0.2) is 0 Å². The normalized spacial score (nSPS) is 30.6. The third-order valence-electron chi connectivity index (χ3n) is 2.35. The molecule has 0 aromatic heterocycles. The number of rotatable bonds is 3. The molecule has 1 fully saturated rings. The minimum atomic E-state index is -0.689. The molecular weight excluding hydrogens is 142 g/mol. The first-order chi connectivity index (χ1) is 5.18. The van der Waals surface area contributed by atoms with E-state index in [2.05, 4.69) is 0 Å². The Morgan fingerprint density at radius 2 is 2.27 bits per heavy atom. The highest BCUT2D eigenvalue weighted by Gasteiger charge is 2.21. The Bertz CT molecular complexity index is 147. The Balaban J connectivity index is 2.13. The highest BCUT2D eigenvalue weighted by Crippen LogP contribution is 2.27. The summed E-state index contributed by atoms with van der Waals surface area (Å²) in [7, 11) is 0. The van der Waals surface area contributed by atoms with Gasteiger partial charge in [0.1, 0.15) is 0 Å². The van der Waals surface area contributed by atoms with Gasteiger partial charge in [0.25, 0.3) is 0 Å². The standard InChI is InChI=1S/C8H15NO2/c9-7-3-1-6(5-7)2-4-8(10)11/h6-7H,1-5,9H2,(H,10,11)/t6-,7-/m1/s1. The molecule has 1 rings (SSSR count).